The van der Waals surface area contributed by atoms with E-state index < -0.39 is 29.7 Å². The number of amides is 1. The summed E-state index contributed by atoms with van der Waals surface area (Å²) in [5.74, 6) is -1.39. The Morgan fingerprint density at radius 1 is 1.04 bits per heavy atom. The van der Waals surface area contributed by atoms with E-state index >= 15 is 0 Å². The number of benzene rings is 2. The van der Waals surface area contributed by atoms with Gasteiger partial charge in [0.25, 0.3) is 5.91 Å². The Morgan fingerprint density at radius 3 is 2.24 bits per heavy atom. The zero-order valence-corrected chi connectivity index (χ0v) is 13.3. The maximum absolute atomic E-state index is 13.1. The SMILES string of the molecule is COC(=O)[C@H](Cc1ccccc1C(F)(F)F)NC(=O)c1ccccc1. The number of hydrogen-bond donors (Lipinski definition) is 1. The Labute approximate surface area is 142 Å². The van der Waals surface area contributed by atoms with Crippen molar-refractivity contribution in [2.75, 3.05) is 7.11 Å². The van der Waals surface area contributed by atoms with E-state index in [1.165, 1.54) is 30.3 Å². The molecule has 132 valence electrons. The van der Waals surface area contributed by atoms with Crippen LogP contribution in [0.5, 0.6) is 0 Å². The van der Waals surface area contributed by atoms with E-state index in [0.29, 0.717) is 5.56 Å². The van der Waals surface area contributed by atoms with Crippen LogP contribution in [0, 0.1) is 0 Å². The lowest BCUT2D eigenvalue weighted by Gasteiger charge is -2.19. The molecule has 1 amide bonds. The van der Waals surface area contributed by atoms with E-state index in [-0.39, 0.29) is 12.0 Å². The first-order valence-corrected chi connectivity index (χ1v) is 7.41. The number of methoxy groups -OCH3 is 1. The number of esters is 1. The molecule has 0 heterocycles. The summed E-state index contributed by atoms with van der Waals surface area (Å²) in [7, 11) is 1.11. The molecule has 0 saturated heterocycles. The van der Waals surface area contributed by atoms with Gasteiger partial charge in [0.2, 0.25) is 0 Å². The van der Waals surface area contributed by atoms with Crippen LogP contribution in [0.4, 0.5) is 13.2 Å². The van der Waals surface area contributed by atoms with Crippen molar-refractivity contribution in [3.05, 3.63) is 71.3 Å². The zero-order valence-electron chi connectivity index (χ0n) is 13.3. The van der Waals surface area contributed by atoms with Gasteiger partial charge in [-0.3, -0.25) is 4.79 Å². The fourth-order valence-electron chi connectivity index (χ4n) is 2.36. The quantitative estimate of drug-likeness (QED) is 0.842. The van der Waals surface area contributed by atoms with Crippen LogP contribution >= 0.6 is 0 Å². The highest BCUT2D eigenvalue weighted by atomic mass is 19.4. The fourth-order valence-corrected chi connectivity index (χ4v) is 2.36. The predicted octanol–water partition coefficient (Wildman–Crippen LogP) is 3.22. The molecule has 7 heteroatoms. The number of carbonyl (C=O) groups is 2. The number of hydrogen-bond acceptors (Lipinski definition) is 3. The van der Waals surface area contributed by atoms with Gasteiger partial charge in [0.05, 0.1) is 12.7 Å². The third-order valence-corrected chi connectivity index (χ3v) is 3.57. The third-order valence-electron chi connectivity index (χ3n) is 3.57. The van der Waals surface area contributed by atoms with Crippen molar-refractivity contribution < 1.29 is 27.5 Å². The van der Waals surface area contributed by atoms with Crippen molar-refractivity contribution in [3.63, 3.8) is 0 Å². The lowest BCUT2D eigenvalue weighted by atomic mass is 9.99. The highest BCUT2D eigenvalue weighted by Gasteiger charge is 2.34. The minimum Gasteiger partial charge on any atom is -0.467 e. The summed E-state index contributed by atoms with van der Waals surface area (Å²) < 4.78 is 43.9. The average molecular weight is 351 g/mol. The molecule has 2 rings (SSSR count). The first-order valence-electron chi connectivity index (χ1n) is 7.41. The second-order valence-electron chi connectivity index (χ2n) is 5.27. The molecular formula is C18H16F3NO3. The van der Waals surface area contributed by atoms with Crippen LogP contribution in [0.15, 0.2) is 54.6 Å². The van der Waals surface area contributed by atoms with E-state index in [9.17, 15) is 22.8 Å². The lowest BCUT2D eigenvalue weighted by molar-refractivity contribution is -0.144. The van der Waals surface area contributed by atoms with E-state index in [4.69, 9.17) is 0 Å². The molecule has 0 aliphatic heterocycles. The molecule has 1 atom stereocenters. The van der Waals surface area contributed by atoms with E-state index in [1.807, 2.05) is 0 Å². The minimum absolute atomic E-state index is 0.0984. The topological polar surface area (TPSA) is 55.4 Å². The van der Waals surface area contributed by atoms with Gasteiger partial charge in [-0.1, -0.05) is 36.4 Å². The molecule has 4 nitrogen and oxygen atoms in total. The largest absolute Gasteiger partial charge is 0.467 e. The minimum atomic E-state index is -4.55. The summed E-state index contributed by atoms with van der Waals surface area (Å²) in [6.07, 6.45) is -4.89. The summed E-state index contributed by atoms with van der Waals surface area (Å²) in [6, 6.07) is 11.7. The van der Waals surface area contributed by atoms with Crippen molar-refractivity contribution in [2.45, 2.75) is 18.6 Å². The van der Waals surface area contributed by atoms with Crippen LogP contribution in [0.2, 0.25) is 0 Å². The smallest absolute Gasteiger partial charge is 0.416 e. The Kier molecular flexibility index (Phi) is 5.80. The maximum Gasteiger partial charge on any atom is 0.416 e. The molecule has 2 aromatic carbocycles. The van der Waals surface area contributed by atoms with Gasteiger partial charge in [0.15, 0.2) is 0 Å². The number of alkyl halides is 3. The Hall–Kier alpha value is -2.83. The zero-order chi connectivity index (χ0) is 18.4. The Morgan fingerprint density at radius 2 is 1.64 bits per heavy atom. The molecule has 25 heavy (non-hydrogen) atoms. The molecule has 0 saturated carbocycles. The molecule has 0 bridgehead atoms. The molecule has 0 aromatic heterocycles. The van der Waals surface area contributed by atoms with Gasteiger partial charge < -0.3 is 10.1 Å². The Bertz CT molecular complexity index is 745. The molecule has 0 fully saturated rings. The summed E-state index contributed by atoms with van der Waals surface area (Å²) in [6.45, 7) is 0. The van der Waals surface area contributed by atoms with Crippen molar-refractivity contribution in [3.8, 4) is 0 Å². The second kappa shape index (κ2) is 7.83. The van der Waals surface area contributed by atoms with Crippen LogP contribution in [-0.4, -0.2) is 25.0 Å². The molecule has 0 radical (unpaired) electrons. The van der Waals surface area contributed by atoms with Crippen molar-refractivity contribution in [2.24, 2.45) is 0 Å². The third kappa shape index (κ3) is 4.82. The van der Waals surface area contributed by atoms with Gasteiger partial charge in [-0.05, 0) is 23.8 Å². The molecule has 0 unspecified atom stereocenters. The van der Waals surface area contributed by atoms with Crippen LogP contribution in [0.3, 0.4) is 0 Å². The summed E-state index contributed by atoms with van der Waals surface area (Å²) >= 11 is 0. The highest BCUT2D eigenvalue weighted by Crippen LogP contribution is 2.32. The molecule has 0 aliphatic carbocycles. The first-order chi connectivity index (χ1) is 11.8. The number of carbonyl (C=O) groups excluding carboxylic acids is 2. The number of halogens is 3. The van der Waals surface area contributed by atoms with Crippen LogP contribution in [-0.2, 0) is 22.1 Å². The average Bonchev–Trinajstić information content (AvgIpc) is 2.60. The fraction of sp³-hybridized carbons (Fsp3) is 0.222. The highest BCUT2D eigenvalue weighted by molar-refractivity contribution is 5.96. The predicted molar refractivity (Wildman–Crippen MR) is 84.9 cm³/mol. The van der Waals surface area contributed by atoms with E-state index in [2.05, 4.69) is 10.1 Å². The number of nitrogens with one attached hydrogen (secondary N) is 1. The van der Waals surface area contributed by atoms with Crippen LogP contribution in [0.1, 0.15) is 21.5 Å². The van der Waals surface area contributed by atoms with Crippen LogP contribution < -0.4 is 5.32 Å². The van der Waals surface area contributed by atoms with Crippen LogP contribution in [0.25, 0.3) is 0 Å². The molecule has 0 spiro atoms. The number of rotatable bonds is 5. The first kappa shape index (κ1) is 18.5. The summed E-state index contributed by atoms with van der Waals surface area (Å²) in [5, 5.41) is 2.43. The molecule has 0 aliphatic rings. The molecular weight excluding hydrogens is 335 g/mol. The standard InChI is InChI=1S/C18H16F3NO3/c1-25-17(24)15(22-16(23)12-7-3-2-4-8-12)11-13-9-5-6-10-14(13)18(19,20)21/h2-10,15H,11H2,1H3,(H,22,23)/t15-/m0/s1. The molecule has 2 aromatic rings. The number of ether oxygens (including phenoxy) is 1. The normalized spacial score (nSPS) is 12.3. The van der Waals surface area contributed by atoms with Crippen molar-refractivity contribution in [1.29, 1.82) is 0 Å². The van der Waals surface area contributed by atoms with Gasteiger partial charge in [0.1, 0.15) is 6.04 Å². The van der Waals surface area contributed by atoms with Gasteiger partial charge in [-0.15, -0.1) is 0 Å². The van der Waals surface area contributed by atoms with Crippen molar-refractivity contribution in [1.82, 2.24) is 5.32 Å². The maximum atomic E-state index is 13.1. The monoisotopic (exact) mass is 351 g/mol. The van der Waals surface area contributed by atoms with Gasteiger partial charge >= 0.3 is 12.1 Å². The van der Waals surface area contributed by atoms with Crippen molar-refractivity contribution >= 4 is 11.9 Å². The van der Waals surface area contributed by atoms with Gasteiger partial charge in [-0.2, -0.15) is 13.2 Å². The summed E-state index contributed by atoms with van der Waals surface area (Å²) in [4.78, 5) is 24.1. The van der Waals surface area contributed by atoms with Gasteiger partial charge in [0, 0.05) is 12.0 Å². The van der Waals surface area contributed by atoms with E-state index in [0.717, 1.165) is 13.2 Å². The summed E-state index contributed by atoms with van der Waals surface area (Å²) in [5.41, 5.74) is -0.655. The van der Waals surface area contributed by atoms with E-state index in [1.54, 1.807) is 18.2 Å². The molecule has 1 N–H and O–H groups in total. The second-order valence-corrected chi connectivity index (χ2v) is 5.27. The Balaban J connectivity index is 2.25. The van der Waals surface area contributed by atoms with Gasteiger partial charge in [-0.25, -0.2) is 4.79 Å². The lowest BCUT2D eigenvalue weighted by Crippen LogP contribution is -2.43.